The van der Waals surface area contributed by atoms with E-state index >= 15 is 0 Å². The van der Waals surface area contributed by atoms with Crippen molar-refractivity contribution in [2.24, 2.45) is 0 Å². The number of anilines is 1. The summed E-state index contributed by atoms with van der Waals surface area (Å²) in [5, 5.41) is 4.71. The molecule has 138 valence electrons. The van der Waals surface area contributed by atoms with E-state index in [-0.39, 0.29) is 5.91 Å². The summed E-state index contributed by atoms with van der Waals surface area (Å²) in [7, 11) is 0. The average molecular weight is 376 g/mol. The van der Waals surface area contributed by atoms with Crippen LogP contribution in [0.2, 0.25) is 5.02 Å². The zero-order valence-electron chi connectivity index (χ0n) is 14.6. The fourth-order valence-corrected chi connectivity index (χ4v) is 3.63. The summed E-state index contributed by atoms with van der Waals surface area (Å²) in [6.45, 7) is 5.49. The minimum Gasteiger partial charge on any atom is -0.342 e. The second-order valence-corrected chi connectivity index (χ2v) is 7.20. The zero-order chi connectivity index (χ0) is 17.9. The highest BCUT2D eigenvalue weighted by Crippen LogP contribution is 2.23. The molecular formula is C18H22ClN5O2. The number of carbonyl (C=O) groups is 1. The smallest absolute Gasteiger partial charge is 0.324 e. The molecule has 2 aliphatic rings. The first-order chi connectivity index (χ1) is 12.7. The Morgan fingerprint density at radius 2 is 1.88 bits per heavy atom. The predicted octanol–water partition coefficient (Wildman–Crippen LogP) is 2.13. The lowest BCUT2D eigenvalue weighted by Gasteiger charge is -2.33. The Morgan fingerprint density at radius 1 is 1.12 bits per heavy atom. The molecule has 2 aromatic rings. The Labute approximate surface area is 157 Å². The molecule has 26 heavy (non-hydrogen) atoms. The minimum atomic E-state index is 0.247. The molecule has 0 saturated carbocycles. The lowest BCUT2D eigenvalue weighted by atomic mass is 10.2. The van der Waals surface area contributed by atoms with E-state index in [1.807, 2.05) is 29.2 Å². The van der Waals surface area contributed by atoms with E-state index in [9.17, 15) is 4.79 Å². The van der Waals surface area contributed by atoms with Gasteiger partial charge in [0.1, 0.15) is 0 Å². The largest absolute Gasteiger partial charge is 0.342 e. The standard InChI is InChI=1S/C18H22ClN5O2/c19-15-5-3-4-14(12-15)17-20-18(26-21-17)24-10-8-22(9-11-24)13-16(25)23-6-1-2-7-23/h3-5,12H,1-2,6-11,13H2. The molecule has 7 nitrogen and oxygen atoms in total. The molecule has 0 unspecified atom stereocenters. The maximum atomic E-state index is 12.3. The molecule has 1 aromatic carbocycles. The van der Waals surface area contributed by atoms with Crippen LogP contribution < -0.4 is 4.90 Å². The number of halogens is 1. The van der Waals surface area contributed by atoms with Crippen molar-refractivity contribution in [1.82, 2.24) is 19.9 Å². The molecule has 3 heterocycles. The molecule has 0 atom stereocenters. The SMILES string of the molecule is O=C(CN1CCN(c2nc(-c3cccc(Cl)c3)no2)CC1)N1CCCC1. The Hall–Kier alpha value is -2.12. The van der Waals surface area contributed by atoms with Crippen LogP contribution in [0, 0.1) is 0 Å². The average Bonchev–Trinajstić information content (AvgIpc) is 3.35. The second-order valence-electron chi connectivity index (χ2n) is 6.76. The van der Waals surface area contributed by atoms with E-state index in [0.29, 0.717) is 23.4 Å². The van der Waals surface area contributed by atoms with E-state index in [4.69, 9.17) is 16.1 Å². The summed E-state index contributed by atoms with van der Waals surface area (Å²) in [5.41, 5.74) is 0.836. The summed E-state index contributed by atoms with van der Waals surface area (Å²) < 4.78 is 5.42. The minimum absolute atomic E-state index is 0.247. The molecule has 8 heteroatoms. The van der Waals surface area contributed by atoms with Crippen molar-refractivity contribution in [2.45, 2.75) is 12.8 Å². The van der Waals surface area contributed by atoms with Gasteiger partial charge in [-0.25, -0.2) is 0 Å². The third kappa shape index (κ3) is 3.83. The lowest BCUT2D eigenvalue weighted by molar-refractivity contribution is -0.131. The third-order valence-electron chi connectivity index (χ3n) is 4.96. The zero-order valence-corrected chi connectivity index (χ0v) is 15.4. The normalized spacial score (nSPS) is 18.5. The number of aromatic nitrogens is 2. The lowest BCUT2D eigenvalue weighted by Crippen LogP contribution is -2.50. The number of benzene rings is 1. The number of hydrogen-bond donors (Lipinski definition) is 0. The monoisotopic (exact) mass is 375 g/mol. The molecule has 0 bridgehead atoms. The Balaban J connectivity index is 1.33. The van der Waals surface area contributed by atoms with Crippen LogP contribution in [0.3, 0.4) is 0 Å². The maximum Gasteiger partial charge on any atom is 0.324 e. The first-order valence-electron chi connectivity index (χ1n) is 9.04. The van der Waals surface area contributed by atoms with Gasteiger partial charge < -0.3 is 14.3 Å². The summed E-state index contributed by atoms with van der Waals surface area (Å²) in [5.74, 6) is 0.783. The Kier molecular flexibility index (Phi) is 5.08. The molecule has 1 amide bonds. The summed E-state index contributed by atoms with van der Waals surface area (Å²) in [6, 6.07) is 7.92. The highest BCUT2D eigenvalue weighted by molar-refractivity contribution is 6.30. The van der Waals surface area contributed by atoms with Gasteiger partial charge in [0.05, 0.1) is 6.54 Å². The van der Waals surface area contributed by atoms with Gasteiger partial charge in [-0.1, -0.05) is 28.9 Å². The molecule has 4 rings (SSSR count). The van der Waals surface area contributed by atoms with Crippen molar-refractivity contribution in [3.05, 3.63) is 29.3 Å². The van der Waals surface area contributed by atoms with E-state index in [1.54, 1.807) is 0 Å². The van der Waals surface area contributed by atoms with Crippen LogP contribution in [-0.4, -0.2) is 71.7 Å². The third-order valence-corrected chi connectivity index (χ3v) is 5.19. The van der Waals surface area contributed by atoms with Crippen molar-refractivity contribution in [1.29, 1.82) is 0 Å². The molecule has 2 fully saturated rings. The number of hydrogen-bond acceptors (Lipinski definition) is 6. The predicted molar refractivity (Wildman–Crippen MR) is 99.2 cm³/mol. The van der Waals surface area contributed by atoms with Crippen molar-refractivity contribution in [3.63, 3.8) is 0 Å². The highest BCUT2D eigenvalue weighted by Gasteiger charge is 2.25. The molecule has 0 aliphatic carbocycles. The number of likely N-dealkylation sites (tertiary alicyclic amines) is 1. The number of piperazine rings is 1. The van der Waals surface area contributed by atoms with Gasteiger partial charge in [0, 0.05) is 49.9 Å². The molecular weight excluding hydrogens is 354 g/mol. The topological polar surface area (TPSA) is 65.7 Å². The quantitative estimate of drug-likeness (QED) is 0.815. The number of nitrogens with zero attached hydrogens (tertiary/aromatic N) is 5. The molecule has 1 aromatic heterocycles. The van der Waals surface area contributed by atoms with E-state index in [0.717, 1.165) is 57.7 Å². The summed E-state index contributed by atoms with van der Waals surface area (Å²) in [4.78, 5) is 23.0. The van der Waals surface area contributed by atoms with E-state index in [1.165, 1.54) is 0 Å². The molecule has 2 aliphatic heterocycles. The van der Waals surface area contributed by atoms with Crippen LogP contribution in [0.25, 0.3) is 11.4 Å². The van der Waals surface area contributed by atoms with E-state index in [2.05, 4.69) is 19.9 Å². The maximum absolute atomic E-state index is 12.3. The van der Waals surface area contributed by atoms with Gasteiger partial charge in [0.15, 0.2) is 0 Å². The van der Waals surface area contributed by atoms with Crippen molar-refractivity contribution in [3.8, 4) is 11.4 Å². The Bertz CT molecular complexity index is 766. The second kappa shape index (κ2) is 7.63. The van der Waals surface area contributed by atoms with Crippen LogP contribution in [0.1, 0.15) is 12.8 Å². The van der Waals surface area contributed by atoms with Crippen LogP contribution in [-0.2, 0) is 4.79 Å². The van der Waals surface area contributed by atoms with Crippen LogP contribution in [0.4, 0.5) is 6.01 Å². The summed E-state index contributed by atoms with van der Waals surface area (Å²) >= 11 is 6.02. The van der Waals surface area contributed by atoms with Crippen molar-refractivity contribution in [2.75, 3.05) is 50.7 Å². The molecule has 0 N–H and O–H groups in total. The van der Waals surface area contributed by atoms with Gasteiger partial charge in [0.2, 0.25) is 11.7 Å². The van der Waals surface area contributed by atoms with Crippen LogP contribution in [0.5, 0.6) is 0 Å². The molecule has 0 radical (unpaired) electrons. The van der Waals surface area contributed by atoms with Gasteiger partial charge in [-0.15, -0.1) is 0 Å². The number of carbonyl (C=O) groups excluding carboxylic acids is 1. The van der Waals surface area contributed by atoms with Crippen LogP contribution in [0.15, 0.2) is 28.8 Å². The van der Waals surface area contributed by atoms with Crippen LogP contribution >= 0.6 is 11.6 Å². The van der Waals surface area contributed by atoms with Crippen molar-refractivity contribution >= 4 is 23.5 Å². The number of rotatable bonds is 4. The molecule has 0 spiro atoms. The van der Waals surface area contributed by atoms with Gasteiger partial charge in [0.25, 0.3) is 0 Å². The highest BCUT2D eigenvalue weighted by atomic mass is 35.5. The fraction of sp³-hybridized carbons (Fsp3) is 0.500. The summed E-state index contributed by atoms with van der Waals surface area (Å²) in [6.07, 6.45) is 2.26. The first kappa shape index (κ1) is 17.3. The Morgan fingerprint density at radius 3 is 2.62 bits per heavy atom. The van der Waals surface area contributed by atoms with Gasteiger partial charge >= 0.3 is 6.01 Å². The van der Waals surface area contributed by atoms with Gasteiger partial charge in [-0.2, -0.15) is 4.98 Å². The molecule has 2 saturated heterocycles. The first-order valence-corrected chi connectivity index (χ1v) is 9.41. The van der Waals surface area contributed by atoms with Crippen molar-refractivity contribution < 1.29 is 9.32 Å². The van der Waals surface area contributed by atoms with Gasteiger partial charge in [-0.05, 0) is 25.0 Å². The number of amides is 1. The fourth-order valence-electron chi connectivity index (χ4n) is 3.44. The van der Waals surface area contributed by atoms with Gasteiger partial charge in [-0.3, -0.25) is 9.69 Å². The van der Waals surface area contributed by atoms with E-state index < -0.39 is 0 Å².